The van der Waals surface area contributed by atoms with Gasteiger partial charge in [-0.25, -0.2) is 0 Å². The summed E-state index contributed by atoms with van der Waals surface area (Å²) in [5.41, 5.74) is 0.0648. The summed E-state index contributed by atoms with van der Waals surface area (Å²) in [5, 5.41) is 22.0. The first-order chi connectivity index (χ1) is 8.59. The van der Waals surface area contributed by atoms with Crippen molar-refractivity contribution in [1.29, 1.82) is 0 Å². The Bertz CT molecular complexity index is 621. The van der Waals surface area contributed by atoms with E-state index in [9.17, 15) is 14.7 Å². The maximum atomic E-state index is 11.7. The molecule has 0 spiro atoms. The van der Waals surface area contributed by atoms with Gasteiger partial charge in [-0.05, 0) is 11.5 Å². The summed E-state index contributed by atoms with van der Waals surface area (Å²) in [6.07, 6.45) is 0. The average molecular weight is 245 g/mol. The number of hydrogen-bond donors (Lipinski definition) is 3. The van der Waals surface area contributed by atoms with Crippen LogP contribution in [0.2, 0.25) is 0 Å². The molecule has 0 saturated heterocycles. The lowest BCUT2D eigenvalue weighted by Crippen LogP contribution is -2.29. The highest BCUT2D eigenvalue weighted by Crippen LogP contribution is 2.28. The summed E-state index contributed by atoms with van der Waals surface area (Å²) < 4.78 is 0. The van der Waals surface area contributed by atoms with E-state index in [4.69, 9.17) is 5.11 Å². The number of benzene rings is 2. The number of nitrogens with one attached hydrogen (secondary N) is 1. The first-order valence-electron chi connectivity index (χ1n) is 5.30. The zero-order valence-electron chi connectivity index (χ0n) is 9.38. The van der Waals surface area contributed by atoms with Crippen LogP contribution in [0.5, 0.6) is 5.75 Å². The number of phenols is 1. The van der Waals surface area contributed by atoms with Crippen LogP contribution >= 0.6 is 0 Å². The number of aromatic hydroxyl groups is 1. The van der Waals surface area contributed by atoms with Gasteiger partial charge in [0, 0.05) is 5.39 Å². The fourth-order valence-corrected chi connectivity index (χ4v) is 1.69. The molecule has 5 heteroatoms. The predicted molar refractivity (Wildman–Crippen MR) is 65.6 cm³/mol. The standard InChI is InChI=1S/C13H11NO4/c15-11(16)7-14-13(18)10-6-5-8-3-1-2-4-9(8)12(10)17/h1-6,17H,7H2,(H,14,18)(H,15,16). The molecule has 0 atom stereocenters. The van der Waals surface area contributed by atoms with Crippen molar-refractivity contribution in [1.82, 2.24) is 5.32 Å². The summed E-state index contributed by atoms with van der Waals surface area (Å²) in [4.78, 5) is 22.0. The summed E-state index contributed by atoms with van der Waals surface area (Å²) in [7, 11) is 0. The van der Waals surface area contributed by atoms with Crippen LogP contribution in [-0.4, -0.2) is 28.6 Å². The second-order valence-corrected chi connectivity index (χ2v) is 3.76. The number of fused-ring (bicyclic) bond motifs is 1. The largest absolute Gasteiger partial charge is 0.506 e. The number of aliphatic carboxylic acids is 1. The van der Waals surface area contributed by atoms with Gasteiger partial charge in [-0.3, -0.25) is 9.59 Å². The third-order valence-electron chi connectivity index (χ3n) is 2.55. The predicted octanol–water partition coefficient (Wildman–Crippen LogP) is 1.36. The maximum absolute atomic E-state index is 11.7. The highest BCUT2D eigenvalue weighted by molar-refractivity contribution is 6.04. The first kappa shape index (κ1) is 11.9. The van der Waals surface area contributed by atoms with Crippen molar-refractivity contribution < 1.29 is 19.8 Å². The van der Waals surface area contributed by atoms with Crippen molar-refractivity contribution >= 4 is 22.6 Å². The van der Waals surface area contributed by atoms with E-state index in [1.54, 1.807) is 18.2 Å². The number of carboxylic acid groups (broad SMARTS) is 1. The molecule has 0 aliphatic rings. The second-order valence-electron chi connectivity index (χ2n) is 3.76. The molecule has 0 aliphatic heterocycles. The zero-order chi connectivity index (χ0) is 13.1. The molecule has 0 aliphatic carbocycles. The van der Waals surface area contributed by atoms with Gasteiger partial charge in [0.2, 0.25) is 0 Å². The van der Waals surface area contributed by atoms with Crippen molar-refractivity contribution in [2.45, 2.75) is 0 Å². The van der Waals surface area contributed by atoms with E-state index in [0.29, 0.717) is 5.39 Å². The van der Waals surface area contributed by atoms with Gasteiger partial charge < -0.3 is 15.5 Å². The molecule has 0 saturated carbocycles. The summed E-state index contributed by atoms with van der Waals surface area (Å²) >= 11 is 0. The molecule has 2 aromatic rings. The SMILES string of the molecule is O=C(O)CNC(=O)c1ccc2ccccc2c1O. The fourth-order valence-electron chi connectivity index (χ4n) is 1.69. The van der Waals surface area contributed by atoms with Gasteiger partial charge in [0.15, 0.2) is 0 Å². The lowest BCUT2D eigenvalue weighted by Gasteiger charge is -2.07. The lowest BCUT2D eigenvalue weighted by molar-refractivity contribution is -0.135. The molecule has 0 radical (unpaired) electrons. The smallest absolute Gasteiger partial charge is 0.322 e. The highest BCUT2D eigenvalue weighted by Gasteiger charge is 2.13. The molecule has 3 N–H and O–H groups in total. The van der Waals surface area contributed by atoms with Crippen molar-refractivity contribution in [2.75, 3.05) is 6.54 Å². The molecule has 1 amide bonds. The molecule has 0 unspecified atom stereocenters. The molecule has 0 heterocycles. The van der Waals surface area contributed by atoms with E-state index in [0.717, 1.165) is 5.39 Å². The number of rotatable bonds is 3. The lowest BCUT2D eigenvalue weighted by atomic mass is 10.0. The minimum absolute atomic E-state index is 0.0648. The molecule has 5 nitrogen and oxygen atoms in total. The van der Waals surface area contributed by atoms with Gasteiger partial charge in [0.05, 0.1) is 5.56 Å². The van der Waals surface area contributed by atoms with Crippen LogP contribution in [0.15, 0.2) is 36.4 Å². The Labute approximate surface area is 103 Å². The Kier molecular flexibility index (Phi) is 3.14. The van der Waals surface area contributed by atoms with E-state index < -0.39 is 18.4 Å². The van der Waals surface area contributed by atoms with Gasteiger partial charge in [-0.1, -0.05) is 30.3 Å². The van der Waals surface area contributed by atoms with Crippen LogP contribution < -0.4 is 5.32 Å². The Balaban J connectivity index is 2.37. The fraction of sp³-hybridized carbons (Fsp3) is 0.0769. The summed E-state index contributed by atoms with van der Waals surface area (Å²) in [6, 6.07) is 10.2. The van der Waals surface area contributed by atoms with Crippen LogP contribution in [0, 0.1) is 0 Å². The van der Waals surface area contributed by atoms with Crippen LogP contribution in [0.25, 0.3) is 10.8 Å². The normalized spacial score (nSPS) is 10.2. The van der Waals surface area contributed by atoms with E-state index in [2.05, 4.69) is 5.32 Å². The van der Waals surface area contributed by atoms with Gasteiger partial charge in [-0.2, -0.15) is 0 Å². The highest BCUT2D eigenvalue weighted by atomic mass is 16.4. The quantitative estimate of drug-likeness (QED) is 0.762. The van der Waals surface area contributed by atoms with Gasteiger partial charge in [-0.15, -0.1) is 0 Å². The molecule has 0 bridgehead atoms. The third kappa shape index (κ3) is 2.24. The van der Waals surface area contributed by atoms with Gasteiger partial charge >= 0.3 is 5.97 Å². The molecule has 0 aromatic heterocycles. The second kappa shape index (κ2) is 4.75. The maximum Gasteiger partial charge on any atom is 0.322 e. The Morgan fingerprint density at radius 3 is 2.56 bits per heavy atom. The summed E-state index contributed by atoms with van der Waals surface area (Å²) in [5.74, 6) is -1.89. The Morgan fingerprint density at radius 2 is 1.83 bits per heavy atom. The third-order valence-corrected chi connectivity index (χ3v) is 2.55. The number of phenolic OH excluding ortho intramolecular Hbond substituents is 1. The number of carbonyl (C=O) groups is 2. The Hall–Kier alpha value is -2.56. The average Bonchev–Trinajstić information content (AvgIpc) is 2.37. The molecule has 2 aromatic carbocycles. The molecular formula is C13H11NO4. The van der Waals surface area contributed by atoms with Crippen molar-refractivity contribution in [2.24, 2.45) is 0 Å². The minimum Gasteiger partial charge on any atom is -0.506 e. The zero-order valence-corrected chi connectivity index (χ0v) is 9.38. The van der Waals surface area contributed by atoms with Gasteiger partial charge in [0.1, 0.15) is 12.3 Å². The first-order valence-corrected chi connectivity index (χ1v) is 5.30. The van der Waals surface area contributed by atoms with Crippen molar-refractivity contribution in [3.8, 4) is 5.75 Å². The topological polar surface area (TPSA) is 86.6 Å². The van der Waals surface area contributed by atoms with Gasteiger partial charge in [0.25, 0.3) is 5.91 Å². The van der Waals surface area contributed by atoms with Crippen LogP contribution in [0.3, 0.4) is 0 Å². The Morgan fingerprint density at radius 1 is 1.11 bits per heavy atom. The van der Waals surface area contributed by atoms with Crippen LogP contribution in [-0.2, 0) is 4.79 Å². The number of carbonyl (C=O) groups excluding carboxylic acids is 1. The van der Waals surface area contributed by atoms with E-state index in [1.807, 2.05) is 12.1 Å². The summed E-state index contributed by atoms with van der Waals surface area (Å²) in [6.45, 7) is -0.481. The minimum atomic E-state index is -1.14. The molecule has 0 fully saturated rings. The molecule has 2 rings (SSSR count). The number of amides is 1. The molecule has 18 heavy (non-hydrogen) atoms. The van der Waals surface area contributed by atoms with Crippen molar-refractivity contribution in [3.63, 3.8) is 0 Å². The van der Waals surface area contributed by atoms with Crippen molar-refractivity contribution in [3.05, 3.63) is 42.0 Å². The number of carboxylic acids is 1. The monoisotopic (exact) mass is 245 g/mol. The molecular weight excluding hydrogens is 234 g/mol. The van der Waals surface area contributed by atoms with Crippen LogP contribution in [0.4, 0.5) is 0 Å². The van der Waals surface area contributed by atoms with E-state index in [1.165, 1.54) is 6.07 Å². The van der Waals surface area contributed by atoms with E-state index in [-0.39, 0.29) is 11.3 Å². The number of hydrogen-bond acceptors (Lipinski definition) is 3. The molecule has 92 valence electrons. The van der Waals surface area contributed by atoms with E-state index >= 15 is 0 Å². The van der Waals surface area contributed by atoms with Crippen LogP contribution in [0.1, 0.15) is 10.4 Å².